The molecular weight excluding hydrogens is 869 g/mol. The van der Waals surface area contributed by atoms with Gasteiger partial charge in [0.15, 0.2) is 0 Å². The van der Waals surface area contributed by atoms with Crippen LogP contribution in [0, 0.1) is 23.7 Å². The highest BCUT2D eigenvalue weighted by Gasteiger charge is 2.19. The van der Waals surface area contributed by atoms with Crippen LogP contribution in [0.4, 0.5) is 0 Å². The molecular formula is C70H40N2. The fourth-order valence-electron chi connectivity index (χ4n) is 10.9. The highest BCUT2D eigenvalue weighted by atomic mass is 14.6. The molecule has 2 nitrogen and oxygen atoms in total. The summed E-state index contributed by atoms with van der Waals surface area (Å²) in [7, 11) is 0. The van der Waals surface area contributed by atoms with Gasteiger partial charge in [0.2, 0.25) is 0 Å². The number of nitrogens with zero attached hydrogens (tertiary/aromatic N) is 2. The third-order valence-corrected chi connectivity index (χ3v) is 14.4. The monoisotopic (exact) mass is 908 g/mol. The van der Waals surface area contributed by atoms with Gasteiger partial charge in [-0.3, -0.25) is 9.97 Å². The Morgan fingerprint density at radius 2 is 0.458 bits per heavy atom. The lowest BCUT2D eigenvalue weighted by molar-refractivity contribution is 1.32. The number of fused-ring (bicyclic) bond motifs is 8. The largest absolute Gasteiger partial charge is 0.265 e. The molecule has 0 aliphatic carbocycles. The maximum absolute atomic E-state index is 4.23. The van der Waals surface area contributed by atoms with E-state index in [1.165, 1.54) is 75.8 Å². The van der Waals surface area contributed by atoms with Crippen molar-refractivity contribution in [1.29, 1.82) is 0 Å². The number of hydrogen-bond acceptors (Lipinski definition) is 2. The highest BCUT2D eigenvalue weighted by molar-refractivity contribution is 6.23. The summed E-state index contributed by atoms with van der Waals surface area (Å²) in [6.45, 7) is 0. The minimum atomic E-state index is 0.935. The predicted octanol–water partition coefficient (Wildman–Crippen LogP) is 17.5. The average molecular weight is 909 g/mol. The molecule has 0 atom stereocenters. The molecule has 72 heavy (non-hydrogen) atoms. The molecule has 0 saturated carbocycles. The molecule has 0 aliphatic heterocycles. The van der Waals surface area contributed by atoms with E-state index in [0.717, 1.165) is 66.1 Å². The Labute approximate surface area is 416 Å². The van der Waals surface area contributed by atoms with E-state index in [2.05, 4.69) is 228 Å². The predicted molar refractivity (Wildman–Crippen MR) is 303 cm³/mol. The third-order valence-electron chi connectivity index (χ3n) is 14.4. The van der Waals surface area contributed by atoms with Crippen LogP contribution in [0.5, 0.6) is 0 Å². The van der Waals surface area contributed by atoms with E-state index in [4.69, 9.17) is 0 Å². The topological polar surface area (TPSA) is 25.8 Å². The van der Waals surface area contributed by atoms with Crippen molar-refractivity contribution in [1.82, 2.24) is 9.97 Å². The van der Waals surface area contributed by atoms with E-state index in [1.54, 1.807) is 24.8 Å². The van der Waals surface area contributed by atoms with Crippen molar-refractivity contribution in [3.8, 4) is 57.1 Å². The lowest BCUT2D eigenvalue weighted by Gasteiger charge is -2.18. The van der Waals surface area contributed by atoms with Crippen LogP contribution in [0.15, 0.2) is 243 Å². The Morgan fingerprint density at radius 1 is 0.222 bits per heavy atom. The second kappa shape index (κ2) is 17.0. The van der Waals surface area contributed by atoms with Crippen molar-refractivity contribution in [3.63, 3.8) is 0 Å². The normalized spacial score (nSPS) is 11.4. The van der Waals surface area contributed by atoms with Gasteiger partial charge in [0, 0.05) is 47.0 Å². The van der Waals surface area contributed by atoms with E-state index >= 15 is 0 Å². The van der Waals surface area contributed by atoms with Gasteiger partial charge in [-0.15, -0.1) is 0 Å². The number of benzene rings is 12. The minimum absolute atomic E-state index is 0.935. The van der Waals surface area contributed by atoms with E-state index in [0.29, 0.717) is 0 Å². The summed E-state index contributed by atoms with van der Waals surface area (Å²) in [6, 6.07) is 79.5. The van der Waals surface area contributed by atoms with Crippen LogP contribution in [0.3, 0.4) is 0 Å². The smallest absolute Gasteiger partial charge is 0.0406 e. The van der Waals surface area contributed by atoms with E-state index in [1.807, 2.05) is 24.3 Å². The molecule has 0 bridgehead atoms. The van der Waals surface area contributed by atoms with Crippen LogP contribution in [0.1, 0.15) is 22.3 Å². The van der Waals surface area contributed by atoms with Crippen LogP contribution in [-0.4, -0.2) is 9.97 Å². The average Bonchev–Trinajstić information content (AvgIpc) is 3.44. The first-order chi connectivity index (χ1) is 35.7. The van der Waals surface area contributed by atoms with Gasteiger partial charge in [-0.1, -0.05) is 169 Å². The van der Waals surface area contributed by atoms with Gasteiger partial charge in [0.1, 0.15) is 0 Å². The van der Waals surface area contributed by atoms with Crippen molar-refractivity contribution in [2.24, 2.45) is 0 Å². The van der Waals surface area contributed by atoms with Crippen LogP contribution in [-0.2, 0) is 0 Å². The molecule has 0 aliphatic rings. The number of hydrogen-bond donors (Lipinski definition) is 0. The second-order valence-corrected chi connectivity index (χ2v) is 18.6. The van der Waals surface area contributed by atoms with Crippen molar-refractivity contribution < 1.29 is 0 Å². The van der Waals surface area contributed by atoms with Gasteiger partial charge in [-0.2, -0.15) is 0 Å². The molecule has 2 heterocycles. The molecule has 0 N–H and O–H groups in total. The Kier molecular flexibility index (Phi) is 9.70. The number of rotatable bonds is 3. The second-order valence-electron chi connectivity index (χ2n) is 18.6. The summed E-state index contributed by atoms with van der Waals surface area (Å²) < 4.78 is 0. The molecule has 0 amide bonds. The first kappa shape index (κ1) is 41.1. The van der Waals surface area contributed by atoms with Gasteiger partial charge in [-0.05, 0) is 192 Å². The standard InChI is InChI=1S/C70H40N2/c1-5-13-55-41-65-61(37-51(55)9-1)59(27-17-45-29-33-71-34-30-45)62-38-52-10-2-6-14-56(52)42-66(62)69(65)49-23-19-47(20-24-49)48-21-25-50(26-22-48)70-67-43-57-15-7-3-11-53(57)39-63(67)60(28-18-46-31-35-72-36-32-46)64-40-54-12-4-8-16-58(54)44-68(64)70/h1-16,19-26,29-44H. The van der Waals surface area contributed by atoms with Crippen LogP contribution in [0.2, 0.25) is 0 Å². The summed E-state index contributed by atoms with van der Waals surface area (Å²) in [4.78, 5) is 8.47. The fourth-order valence-corrected chi connectivity index (χ4v) is 10.9. The molecule has 0 radical (unpaired) electrons. The lowest BCUT2D eigenvalue weighted by atomic mass is 9.85. The Hall–Kier alpha value is -9.86. The Bertz CT molecular complexity index is 4150. The molecule has 0 unspecified atom stereocenters. The Morgan fingerprint density at radius 3 is 0.722 bits per heavy atom. The molecule has 14 aromatic rings. The summed E-state index contributed by atoms with van der Waals surface area (Å²) in [5, 5.41) is 18.9. The van der Waals surface area contributed by atoms with Crippen molar-refractivity contribution >= 4 is 86.2 Å². The van der Waals surface area contributed by atoms with Gasteiger partial charge >= 0.3 is 0 Å². The van der Waals surface area contributed by atoms with Gasteiger partial charge in [-0.25, -0.2) is 0 Å². The summed E-state index contributed by atoms with van der Waals surface area (Å²) in [6.07, 6.45) is 7.21. The minimum Gasteiger partial charge on any atom is -0.265 e. The van der Waals surface area contributed by atoms with E-state index < -0.39 is 0 Å². The van der Waals surface area contributed by atoms with Crippen LogP contribution in [0.25, 0.3) is 120 Å². The number of pyridine rings is 2. The van der Waals surface area contributed by atoms with Crippen LogP contribution < -0.4 is 0 Å². The van der Waals surface area contributed by atoms with Crippen molar-refractivity contribution in [2.45, 2.75) is 0 Å². The number of aromatic nitrogens is 2. The quantitative estimate of drug-likeness (QED) is 0.130. The van der Waals surface area contributed by atoms with Gasteiger partial charge < -0.3 is 0 Å². The van der Waals surface area contributed by atoms with Crippen molar-refractivity contribution in [2.75, 3.05) is 0 Å². The van der Waals surface area contributed by atoms with Crippen molar-refractivity contribution in [3.05, 3.63) is 265 Å². The lowest BCUT2D eigenvalue weighted by Crippen LogP contribution is -1.93. The summed E-state index contributed by atoms with van der Waals surface area (Å²) >= 11 is 0. The maximum Gasteiger partial charge on any atom is 0.0406 e. The fraction of sp³-hybridized carbons (Fsp3) is 0. The third kappa shape index (κ3) is 7.10. The zero-order valence-electron chi connectivity index (χ0n) is 39.0. The summed E-state index contributed by atoms with van der Waals surface area (Å²) in [5.41, 5.74) is 11.0. The van der Waals surface area contributed by atoms with E-state index in [9.17, 15) is 0 Å². The molecule has 0 spiro atoms. The van der Waals surface area contributed by atoms with Gasteiger partial charge in [0.05, 0.1) is 0 Å². The Balaban J connectivity index is 0.932. The highest BCUT2D eigenvalue weighted by Crippen LogP contribution is 2.45. The molecule has 14 rings (SSSR count). The van der Waals surface area contributed by atoms with Crippen LogP contribution >= 0.6 is 0 Å². The van der Waals surface area contributed by atoms with E-state index in [-0.39, 0.29) is 0 Å². The molecule has 330 valence electrons. The first-order valence-electron chi connectivity index (χ1n) is 24.3. The SMILES string of the molecule is C(#Cc1c2cc3ccccc3cc2c(-c2ccc(-c3ccc(-c4c5cc6ccccc6cc5c(C#Cc5ccncc5)c5cc6ccccc6cc45)cc3)cc2)c2cc3ccccc3cc12)c1ccncc1. The molecule has 0 saturated heterocycles. The molecule has 0 fully saturated rings. The zero-order chi connectivity index (χ0) is 47.5. The molecule has 2 heteroatoms. The molecule has 12 aromatic carbocycles. The van der Waals surface area contributed by atoms with Gasteiger partial charge in [0.25, 0.3) is 0 Å². The zero-order valence-corrected chi connectivity index (χ0v) is 39.0. The maximum atomic E-state index is 4.23. The molecule has 2 aromatic heterocycles. The first-order valence-corrected chi connectivity index (χ1v) is 24.3. The summed E-state index contributed by atoms with van der Waals surface area (Å²) in [5.74, 6) is 14.3.